The number of aryl methyl sites for hydroxylation is 1. The summed E-state index contributed by atoms with van der Waals surface area (Å²) in [5.74, 6) is 0. The van der Waals surface area contributed by atoms with Gasteiger partial charge in [-0.05, 0) is 44.4 Å². The van der Waals surface area contributed by atoms with E-state index in [1.54, 1.807) is 0 Å². The Balaban J connectivity index is 2.07. The first-order valence-electron chi connectivity index (χ1n) is 7.16. The van der Waals surface area contributed by atoms with E-state index in [0.717, 1.165) is 6.42 Å². The van der Waals surface area contributed by atoms with E-state index >= 15 is 0 Å². The molecule has 0 radical (unpaired) electrons. The zero-order chi connectivity index (χ0) is 13.0. The molecule has 0 aliphatic carbocycles. The topological polar surface area (TPSA) is 21.3 Å². The lowest BCUT2D eigenvalue weighted by Crippen LogP contribution is -2.29. The minimum absolute atomic E-state index is 0.321. The Kier molecular flexibility index (Phi) is 4.79. The predicted octanol–water partition coefficient (Wildman–Crippen LogP) is 3.47. The van der Waals surface area contributed by atoms with E-state index in [0.29, 0.717) is 18.2 Å². The van der Waals surface area contributed by atoms with Crippen molar-refractivity contribution in [2.45, 2.75) is 57.8 Å². The van der Waals surface area contributed by atoms with Gasteiger partial charge in [0.1, 0.15) is 0 Å². The second-order valence-electron chi connectivity index (χ2n) is 5.32. The molecule has 0 saturated carbocycles. The normalized spacial score (nSPS) is 25.3. The van der Waals surface area contributed by atoms with Gasteiger partial charge in [-0.25, -0.2) is 0 Å². The zero-order valence-corrected chi connectivity index (χ0v) is 11.8. The fraction of sp³-hybridized carbons (Fsp3) is 0.625. The van der Waals surface area contributed by atoms with Gasteiger partial charge in [0.15, 0.2) is 0 Å². The SMILES string of the molecule is CCCc1ccc(C(NC)C2CCC(C)O2)cc1. The third kappa shape index (κ3) is 3.12. The van der Waals surface area contributed by atoms with Gasteiger partial charge in [-0.15, -0.1) is 0 Å². The van der Waals surface area contributed by atoms with Crippen LogP contribution < -0.4 is 5.32 Å². The van der Waals surface area contributed by atoms with Gasteiger partial charge in [0.05, 0.1) is 18.2 Å². The van der Waals surface area contributed by atoms with Crippen LogP contribution in [-0.2, 0) is 11.2 Å². The lowest BCUT2D eigenvalue weighted by atomic mass is 9.97. The Morgan fingerprint density at radius 3 is 2.50 bits per heavy atom. The van der Waals surface area contributed by atoms with Crippen molar-refractivity contribution in [1.82, 2.24) is 5.32 Å². The van der Waals surface area contributed by atoms with E-state index < -0.39 is 0 Å². The smallest absolute Gasteiger partial charge is 0.0774 e. The Morgan fingerprint density at radius 1 is 1.28 bits per heavy atom. The van der Waals surface area contributed by atoms with Gasteiger partial charge in [-0.2, -0.15) is 0 Å². The molecule has 18 heavy (non-hydrogen) atoms. The number of rotatable bonds is 5. The largest absolute Gasteiger partial charge is 0.373 e. The highest BCUT2D eigenvalue weighted by Crippen LogP contribution is 2.30. The lowest BCUT2D eigenvalue weighted by molar-refractivity contribution is 0.0333. The summed E-state index contributed by atoms with van der Waals surface area (Å²) in [4.78, 5) is 0. The Morgan fingerprint density at radius 2 is 2.00 bits per heavy atom. The zero-order valence-electron chi connectivity index (χ0n) is 11.8. The Hall–Kier alpha value is -0.860. The summed E-state index contributed by atoms with van der Waals surface area (Å²) >= 11 is 0. The minimum atomic E-state index is 0.321. The van der Waals surface area contributed by atoms with Gasteiger partial charge in [0.2, 0.25) is 0 Å². The van der Waals surface area contributed by atoms with E-state index in [4.69, 9.17) is 4.74 Å². The summed E-state index contributed by atoms with van der Waals surface area (Å²) in [5, 5.41) is 3.41. The van der Waals surface area contributed by atoms with Gasteiger partial charge < -0.3 is 10.1 Å². The predicted molar refractivity (Wildman–Crippen MR) is 75.8 cm³/mol. The van der Waals surface area contributed by atoms with E-state index in [2.05, 4.69) is 43.4 Å². The van der Waals surface area contributed by atoms with Gasteiger partial charge in [-0.3, -0.25) is 0 Å². The number of hydrogen-bond donors (Lipinski definition) is 1. The third-order valence-corrected chi connectivity index (χ3v) is 3.83. The monoisotopic (exact) mass is 247 g/mol. The number of hydrogen-bond acceptors (Lipinski definition) is 2. The molecule has 2 heteroatoms. The average Bonchev–Trinajstić information content (AvgIpc) is 2.79. The van der Waals surface area contributed by atoms with Crippen LogP contribution in [0.5, 0.6) is 0 Å². The molecule has 3 unspecified atom stereocenters. The van der Waals surface area contributed by atoms with Crippen molar-refractivity contribution in [3.8, 4) is 0 Å². The first kappa shape index (κ1) is 13.6. The molecule has 1 N–H and O–H groups in total. The molecule has 1 heterocycles. The van der Waals surface area contributed by atoms with Crippen LogP contribution in [0.2, 0.25) is 0 Å². The maximum absolute atomic E-state index is 5.98. The molecule has 2 rings (SSSR count). The standard InChI is InChI=1S/C16H25NO/c1-4-5-13-7-9-14(10-8-13)16(17-3)15-11-6-12(2)18-15/h7-10,12,15-17H,4-6,11H2,1-3H3. The van der Waals surface area contributed by atoms with Crippen molar-refractivity contribution < 1.29 is 4.74 Å². The molecule has 1 fully saturated rings. The Bertz CT molecular complexity index is 360. The highest BCUT2D eigenvalue weighted by Gasteiger charge is 2.29. The van der Waals surface area contributed by atoms with E-state index in [9.17, 15) is 0 Å². The summed E-state index contributed by atoms with van der Waals surface area (Å²) in [5.41, 5.74) is 2.77. The van der Waals surface area contributed by atoms with Crippen molar-refractivity contribution in [2.24, 2.45) is 0 Å². The van der Waals surface area contributed by atoms with E-state index in [1.165, 1.54) is 30.4 Å². The van der Waals surface area contributed by atoms with Crippen molar-refractivity contribution >= 4 is 0 Å². The molecule has 1 aliphatic heterocycles. The van der Waals surface area contributed by atoms with Crippen LogP contribution in [0, 0.1) is 0 Å². The maximum atomic E-state index is 5.98. The van der Waals surface area contributed by atoms with Crippen molar-refractivity contribution in [2.75, 3.05) is 7.05 Å². The molecule has 0 spiro atoms. The molecule has 1 aromatic carbocycles. The number of nitrogens with one attached hydrogen (secondary N) is 1. The molecule has 0 bridgehead atoms. The van der Waals surface area contributed by atoms with Crippen LogP contribution in [0.4, 0.5) is 0 Å². The van der Waals surface area contributed by atoms with Crippen LogP contribution in [0.1, 0.15) is 50.3 Å². The van der Waals surface area contributed by atoms with Gasteiger partial charge >= 0.3 is 0 Å². The molecule has 1 saturated heterocycles. The van der Waals surface area contributed by atoms with Crippen LogP contribution >= 0.6 is 0 Å². The summed E-state index contributed by atoms with van der Waals surface area (Å²) in [6.07, 6.45) is 5.44. The minimum Gasteiger partial charge on any atom is -0.373 e. The first-order chi connectivity index (χ1) is 8.74. The van der Waals surface area contributed by atoms with Crippen LogP contribution in [-0.4, -0.2) is 19.3 Å². The molecule has 3 atom stereocenters. The van der Waals surface area contributed by atoms with Crippen molar-refractivity contribution in [3.63, 3.8) is 0 Å². The lowest BCUT2D eigenvalue weighted by Gasteiger charge is -2.23. The van der Waals surface area contributed by atoms with Gasteiger partial charge in [0.25, 0.3) is 0 Å². The van der Waals surface area contributed by atoms with Crippen LogP contribution in [0.25, 0.3) is 0 Å². The second kappa shape index (κ2) is 6.35. The fourth-order valence-corrected chi connectivity index (χ4v) is 2.83. The molecule has 0 amide bonds. The maximum Gasteiger partial charge on any atom is 0.0774 e. The highest BCUT2D eigenvalue weighted by atomic mass is 16.5. The number of benzene rings is 1. The third-order valence-electron chi connectivity index (χ3n) is 3.83. The van der Waals surface area contributed by atoms with Crippen LogP contribution in [0.15, 0.2) is 24.3 Å². The van der Waals surface area contributed by atoms with Gasteiger partial charge in [0, 0.05) is 0 Å². The van der Waals surface area contributed by atoms with E-state index in [-0.39, 0.29) is 0 Å². The molecule has 2 nitrogen and oxygen atoms in total. The molecule has 1 aromatic rings. The second-order valence-corrected chi connectivity index (χ2v) is 5.32. The molecule has 0 aromatic heterocycles. The quantitative estimate of drug-likeness (QED) is 0.860. The summed E-state index contributed by atoms with van der Waals surface area (Å²) < 4.78 is 5.98. The van der Waals surface area contributed by atoms with Crippen LogP contribution in [0.3, 0.4) is 0 Å². The highest BCUT2D eigenvalue weighted by molar-refractivity contribution is 5.26. The average molecular weight is 247 g/mol. The molecular formula is C16H25NO. The van der Waals surface area contributed by atoms with Gasteiger partial charge in [-0.1, -0.05) is 37.6 Å². The number of ether oxygens (including phenoxy) is 1. The summed E-state index contributed by atoms with van der Waals surface area (Å²) in [6, 6.07) is 9.32. The van der Waals surface area contributed by atoms with Crippen molar-refractivity contribution in [1.29, 1.82) is 0 Å². The first-order valence-corrected chi connectivity index (χ1v) is 7.16. The molecule has 100 valence electrons. The Labute approximate surface area is 111 Å². The summed E-state index contributed by atoms with van der Waals surface area (Å²) in [7, 11) is 2.02. The van der Waals surface area contributed by atoms with E-state index in [1.807, 2.05) is 7.05 Å². The molecular weight excluding hydrogens is 222 g/mol. The fourth-order valence-electron chi connectivity index (χ4n) is 2.83. The van der Waals surface area contributed by atoms with Crippen molar-refractivity contribution in [3.05, 3.63) is 35.4 Å². The molecule has 1 aliphatic rings. The summed E-state index contributed by atoms with van der Waals surface area (Å²) in [6.45, 7) is 4.38. The number of likely N-dealkylation sites (N-methyl/N-ethyl adjacent to an activating group) is 1.